The van der Waals surface area contributed by atoms with Gasteiger partial charge in [0.25, 0.3) is 5.91 Å². The van der Waals surface area contributed by atoms with Crippen LogP contribution >= 0.6 is 11.3 Å². The summed E-state index contributed by atoms with van der Waals surface area (Å²) in [5, 5.41) is 3.20. The van der Waals surface area contributed by atoms with Crippen LogP contribution in [-0.2, 0) is 10.2 Å². The van der Waals surface area contributed by atoms with Gasteiger partial charge in [-0.2, -0.15) is 0 Å². The van der Waals surface area contributed by atoms with E-state index in [9.17, 15) is 4.79 Å². The van der Waals surface area contributed by atoms with Gasteiger partial charge in [0.15, 0.2) is 4.96 Å². The molecule has 1 aliphatic rings. The molecule has 2 aromatic heterocycles. The molecule has 0 aliphatic carbocycles. The van der Waals surface area contributed by atoms with E-state index in [2.05, 4.69) is 41.5 Å². The Bertz CT molecular complexity index is 938. The molecule has 3 heterocycles. The first kappa shape index (κ1) is 17.2. The highest BCUT2D eigenvalue weighted by Crippen LogP contribution is 2.36. The number of carbonyl (C=O) groups is 1. The maximum atomic E-state index is 12.9. The van der Waals surface area contributed by atoms with E-state index < -0.39 is 0 Å². The Morgan fingerprint density at radius 3 is 2.81 bits per heavy atom. The first-order valence-corrected chi connectivity index (χ1v) is 9.77. The van der Waals surface area contributed by atoms with Crippen LogP contribution in [0.2, 0.25) is 0 Å². The summed E-state index contributed by atoms with van der Waals surface area (Å²) >= 11 is 1.44. The number of ether oxygens (including phenoxy) is 1. The standard InChI is InChI=1S/C20H23N3O2S/c1-14-5-3-4-6-16(14)20(7-11-25-12-8-20)13-22-18(24)17-15(2)23-10-9-21-19(23)26-17/h3-6,9-10H,7-8,11-13H2,1-2H3,(H,22,24). The summed E-state index contributed by atoms with van der Waals surface area (Å²) in [5.74, 6) is -0.0162. The zero-order valence-electron chi connectivity index (χ0n) is 15.1. The van der Waals surface area contributed by atoms with Gasteiger partial charge in [-0.3, -0.25) is 9.20 Å². The monoisotopic (exact) mass is 369 g/mol. The van der Waals surface area contributed by atoms with Gasteiger partial charge >= 0.3 is 0 Å². The Balaban J connectivity index is 1.58. The molecule has 136 valence electrons. The highest BCUT2D eigenvalue weighted by Gasteiger charge is 2.36. The summed E-state index contributed by atoms with van der Waals surface area (Å²) in [6.07, 6.45) is 5.50. The quantitative estimate of drug-likeness (QED) is 0.766. The lowest BCUT2D eigenvalue weighted by molar-refractivity contribution is 0.0485. The minimum absolute atomic E-state index is 0.0162. The molecule has 1 aromatic carbocycles. The van der Waals surface area contributed by atoms with Crippen molar-refractivity contribution in [1.82, 2.24) is 14.7 Å². The van der Waals surface area contributed by atoms with Crippen molar-refractivity contribution >= 4 is 22.2 Å². The van der Waals surface area contributed by atoms with Crippen LogP contribution in [0.15, 0.2) is 36.7 Å². The number of thiazole rings is 1. The zero-order valence-corrected chi connectivity index (χ0v) is 15.9. The minimum atomic E-state index is -0.0649. The lowest BCUT2D eigenvalue weighted by atomic mass is 9.72. The predicted molar refractivity (Wildman–Crippen MR) is 103 cm³/mol. The molecular formula is C20H23N3O2S. The van der Waals surface area contributed by atoms with Crippen molar-refractivity contribution in [3.05, 3.63) is 58.4 Å². The van der Waals surface area contributed by atoms with Crippen LogP contribution in [0.5, 0.6) is 0 Å². The molecule has 0 saturated carbocycles. The van der Waals surface area contributed by atoms with E-state index in [0.717, 1.165) is 41.6 Å². The number of imidazole rings is 1. The van der Waals surface area contributed by atoms with Gasteiger partial charge in [0.2, 0.25) is 0 Å². The fraction of sp³-hybridized carbons (Fsp3) is 0.400. The van der Waals surface area contributed by atoms with E-state index in [0.29, 0.717) is 6.54 Å². The number of nitrogens with zero attached hydrogens (tertiary/aromatic N) is 2. The molecule has 5 nitrogen and oxygen atoms in total. The Labute approximate surface area is 157 Å². The molecule has 6 heteroatoms. The van der Waals surface area contributed by atoms with Gasteiger partial charge in [-0.1, -0.05) is 35.6 Å². The number of amides is 1. The number of hydrogen-bond donors (Lipinski definition) is 1. The van der Waals surface area contributed by atoms with Crippen molar-refractivity contribution in [2.45, 2.75) is 32.1 Å². The molecule has 0 unspecified atom stereocenters. The molecule has 0 radical (unpaired) electrons. The average Bonchev–Trinajstić information content (AvgIpc) is 3.24. The molecule has 0 atom stereocenters. The minimum Gasteiger partial charge on any atom is -0.381 e. The van der Waals surface area contributed by atoms with Crippen molar-refractivity contribution in [2.24, 2.45) is 0 Å². The first-order valence-electron chi connectivity index (χ1n) is 8.95. The van der Waals surface area contributed by atoms with Crippen molar-refractivity contribution in [3.63, 3.8) is 0 Å². The number of aromatic nitrogens is 2. The van der Waals surface area contributed by atoms with Crippen LogP contribution < -0.4 is 5.32 Å². The molecule has 1 fully saturated rings. The largest absolute Gasteiger partial charge is 0.381 e. The van der Waals surface area contributed by atoms with Crippen LogP contribution in [0.25, 0.3) is 4.96 Å². The average molecular weight is 369 g/mol. The van der Waals surface area contributed by atoms with E-state index in [1.54, 1.807) is 6.20 Å². The van der Waals surface area contributed by atoms with E-state index in [1.807, 2.05) is 17.5 Å². The maximum absolute atomic E-state index is 12.9. The van der Waals surface area contributed by atoms with Crippen LogP contribution in [-0.4, -0.2) is 35.1 Å². The van der Waals surface area contributed by atoms with E-state index in [1.165, 1.54) is 22.5 Å². The van der Waals surface area contributed by atoms with Crippen LogP contribution in [0.3, 0.4) is 0 Å². The Morgan fingerprint density at radius 2 is 2.08 bits per heavy atom. The molecule has 1 saturated heterocycles. The molecule has 26 heavy (non-hydrogen) atoms. The topological polar surface area (TPSA) is 55.6 Å². The van der Waals surface area contributed by atoms with Gasteiger partial charge in [0.05, 0.1) is 0 Å². The number of fused-ring (bicyclic) bond motifs is 1. The smallest absolute Gasteiger partial charge is 0.263 e. The Morgan fingerprint density at radius 1 is 1.31 bits per heavy atom. The number of nitrogens with one attached hydrogen (secondary N) is 1. The molecule has 0 bridgehead atoms. The summed E-state index contributed by atoms with van der Waals surface area (Å²) in [6, 6.07) is 8.49. The van der Waals surface area contributed by atoms with Crippen molar-refractivity contribution in [3.8, 4) is 0 Å². The van der Waals surface area contributed by atoms with Gasteiger partial charge < -0.3 is 10.1 Å². The molecule has 1 amide bonds. The van der Waals surface area contributed by atoms with Crippen LogP contribution in [0.1, 0.15) is 39.3 Å². The molecule has 3 aromatic rings. The lowest BCUT2D eigenvalue weighted by Gasteiger charge is -2.39. The fourth-order valence-electron chi connectivity index (χ4n) is 3.91. The highest BCUT2D eigenvalue weighted by atomic mass is 32.1. The third-order valence-electron chi connectivity index (χ3n) is 5.45. The Kier molecular flexibility index (Phi) is 4.54. The van der Waals surface area contributed by atoms with E-state index in [-0.39, 0.29) is 11.3 Å². The van der Waals surface area contributed by atoms with Gasteiger partial charge in [0, 0.05) is 43.3 Å². The van der Waals surface area contributed by atoms with E-state index in [4.69, 9.17) is 4.74 Å². The van der Waals surface area contributed by atoms with Gasteiger partial charge in [-0.05, 0) is 37.8 Å². The normalized spacial score (nSPS) is 16.7. The summed E-state index contributed by atoms with van der Waals surface area (Å²) in [4.78, 5) is 18.7. The van der Waals surface area contributed by atoms with Crippen molar-refractivity contribution in [2.75, 3.05) is 19.8 Å². The number of rotatable bonds is 4. The van der Waals surface area contributed by atoms with Crippen molar-refractivity contribution < 1.29 is 9.53 Å². The maximum Gasteiger partial charge on any atom is 0.263 e. The highest BCUT2D eigenvalue weighted by molar-refractivity contribution is 7.19. The lowest BCUT2D eigenvalue weighted by Crippen LogP contribution is -2.45. The number of aryl methyl sites for hydroxylation is 2. The summed E-state index contributed by atoms with van der Waals surface area (Å²) in [5.41, 5.74) is 3.47. The Hall–Kier alpha value is -2.18. The predicted octanol–water partition coefficient (Wildman–Crippen LogP) is 3.49. The summed E-state index contributed by atoms with van der Waals surface area (Å²) in [7, 11) is 0. The molecule has 1 N–H and O–H groups in total. The third-order valence-corrected chi connectivity index (χ3v) is 6.62. The second kappa shape index (κ2) is 6.85. The van der Waals surface area contributed by atoms with E-state index >= 15 is 0 Å². The van der Waals surface area contributed by atoms with Crippen LogP contribution in [0, 0.1) is 13.8 Å². The summed E-state index contributed by atoms with van der Waals surface area (Å²) in [6.45, 7) is 6.20. The van der Waals surface area contributed by atoms with Crippen molar-refractivity contribution in [1.29, 1.82) is 0 Å². The van der Waals surface area contributed by atoms with Gasteiger partial charge in [0.1, 0.15) is 4.88 Å². The number of benzene rings is 1. The van der Waals surface area contributed by atoms with Gasteiger partial charge in [-0.25, -0.2) is 4.98 Å². The second-order valence-electron chi connectivity index (χ2n) is 6.99. The van der Waals surface area contributed by atoms with Crippen LogP contribution in [0.4, 0.5) is 0 Å². The zero-order chi connectivity index (χ0) is 18.1. The summed E-state index contributed by atoms with van der Waals surface area (Å²) < 4.78 is 7.57. The third kappa shape index (κ3) is 2.93. The number of hydrogen-bond acceptors (Lipinski definition) is 4. The van der Waals surface area contributed by atoms with Gasteiger partial charge in [-0.15, -0.1) is 0 Å². The SMILES string of the molecule is Cc1ccccc1C1(CNC(=O)c2sc3nccn3c2C)CCOCC1. The molecule has 0 spiro atoms. The fourth-order valence-corrected chi connectivity index (χ4v) is 4.91. The first-order chi connectivity index (χ1) is 12.6. The second-order valence-corrected chi connectivity index (χ2v) is 7.96. The molecular weight excluding hydrogens is 346 g/mol. The molecule has 1 aliphatic heterocycles. The number of carbonyl (C=O) groups excluding carboxylic acids is 1. The molecule has 4 rings (SSSR count).